The molecule has 0 spiro atoms. The third-order valence-corrected chi connectivity index (χ3v) is 7.91. The number of rotatable bonds is 7. The Morgan fingerprint density at radius 3 is 2.63 bits per heavy atom. The molecule has 1 fully saturated rings. The molecule has 2 amide bonds. The number of hydrogen-bond donors (Lipinski definition) is 3. The van der Waals surface area contributed by atoms with Gasteiger partial charge in [-0.3, -0.25) is 14.9 Å². The van der Waals surface area contributed by atoms with Gasteiger partial charge in [0.15, 0.2) is 15.1 Å². The minimum absolute atomic E-state index is 0.0461. The van der Waals surface area contributed by atoms with Gasteiger partial charge in [0.2, 0.25) is 11.8 Å². The second-order valence-electron chi connectivity index (χ2n) is 6.38. The van der Waals surface area contributed by atoms with Crippen LogP contribution in [0.5, 0.6) is 5.75 Å². The van der Waals surface area contributed by atoms with E-state index < -0.39 is 26.5 Å². The van der Waals surface area contributed by atoms with Gasteiger partial charge in [-0.05, 0) is 42.5 Å². The number of sulfone groups is 1. The van der Waals surface area contributed by atoms with Gasteiger partial charge in [0.05, 0.1) is 17.8 Å². The van der Waals surface area contributed by atoms with Crippen LogP contribution in [0.15, 0.2) is 57.9 Å². The van der Waals surface area contributed by atoms with Crippen LogP contribution in [0, 0.1) is 0 Å². The molecule has 1 heterocycles. The highest BCUT2D eigenvalue weighted by molar-refractivity contribution is 9.10. The second kappa shape index (κ2) is 9.82. The standard InChI is InChI=1S/C19H20BrN3O5S2/c1-28-14-5-7-15(8-6-14)30(26,27)16-10-21-19(23-18(16)25)29-11-17(24)22-13-4-2-3-12(20)9-13/h2-9,16,19,21H,10-11H2,1H3,(H,22,24)(H,23,25). The van der Waals surface area contributed by atoms with Crippen molar-refractivity contribution in [3.05, 3.63) is 53.0 Å². The number of benzene rings is 2. The lowest BCUT2D eigenvalue weighted by atomic mass is 10.3. The topological polar surface area (TPSA) is 114 Å². The Morgan fingerprint density at radius 2 is 2.00 bits per heavy atom. The number of nitrogens with one attached hydrogen (secondary N) is 3. The molecule has 0 aromatic heterocycles. The molecular weight excluding hydrogens is 494 g/mol. The minimum atomic E-state index is -3.86. The lowest BCUT2D eigenvalue weighted by Gasteiger charge is -2.29. The van der Waals surface area contributed by atoms with E-state index in [4.69, 9.17) is 4.74 Å². The fourth-order valence-corrected chi connectivity index (χ4v) is 5.50. The highest BCUT2D eigenvalue weighted by Gasteiger charge is 2.38. The highest BCUT2D eigenvalue weighted by Crippen LogP contribution is 2.22. The zero-order valence-corrected chi connectivity index (χ0v) is 19.1. The van der Waals surface area contributed by atoms with Crippen LogP contribution in [-0.4, -0.2) is 50.4 Å². The number of ether oxygens (including phenoxy) is 1. The molecule has 2 aromatic carbocycles. The average molecular weight is 514 g/mol. The van der Waals surface area contributed by atoms with Gasteiger partial charge in [0.1, 0.15) is 11.2 Å². The molecule has 3 rings (SSSR count). The van der Waals surface area contributed by atoms with Crippen molar-refractivity contribution in [3.8, 4) is 5.75 Å². The lowest BCUT2D eigenvalue weighted by molar-refractivity contribution is -0.122. The number of methoxy groups -OCH3 is 1. The van der Waals surface area contributed by atoms with E-state index in [9.17, 15) is 18.0 Å². The number of carbonyl (C=O) groups excluding carboxylic acids is 2. The molecule has 1 saturated heterocycles. The summed E-state index contributed by atoms with van der Waals surface area (Å²) in [5, 5.41) is 7.09. The zero-order chi connectivity index (χ0) is 21.7. The normalized spacial score (nSPS) is 19.1. The van der Waals surface area contributed by atoms with Crippen LogP contribution in [0.2, 0.25) is 0 Å². The molecule has 1 aliphatic heterocycles. The molecule has 8 nitrogen and oxygen atoms in total. The summed E-state index contributed by atoms with van der Waals surface area (Å²) >= 11 is 4.50. The van der Waals surface area contributed by atoms with E-state index in [2.05, 4.69) is 31.9 Å². The third kappa shape index (κ3) is 5.54. The summed E-state index contributed by atoms with van der Waals surface area (Å²) in [7, 11) is -2.37. The Balaban J connectivity index is 1.54. The van der Waals surface area contributed by atoms with Gasteiger partial charge in [0.25, 0.3) is 0 Å². The Kier molecular flexibility index (Phi) is 7.40. The van der Waals surface area contributed by atoms with E-state index in [0.717, 1.165) is 4.47 Å². The highest BCUT2D eigenvalue weighted by atomic mass is 79.9. The molecule has 0 bridgehead atoms. The van der Waals surface area contributed by atoms with E-state index >= 15 is 0 Å². The fraction of sp³-hybridized carbons (Fsp3) is 0.263. The second-order valence-corrected chi connectivity index (χ2v) is 10.5. The maximum atomic E-state index is 12.8. The minimum Gasteiger partial charge on any atom is -0.497 e. The number of thioether (sulfide) groups is 1. The van der Waals surface area contributed by atoms with Crippen molar-refractivity contribution in [1.29, 1.82) is 0 Å². The van der Waals surface area contributed by atoms with Crippen LogP contribution in [0.25, 0.3) is 0 Å². The molecule has 0 radical (unpaired) electrons. The molecule has 2 aromatic rings. The molecule has 11 heteroatoms. The van der Waals surface area contributed by atoms with Gasteiger partial charge >= 0.3 is 0 Å². The molecule has 30 heavy (non-hydrogen) atoms. The summed E-state index contributed by atoms with van der Waals surface area (Å²) in [5.41, 5.74) is 0.0920. The van der Waals surface area contributed by atoms with Gasteiger partial charge in [0, 0.05) is 16.7 Å². The third-order valence-electron chi connectivity index (χ3n) is 4.31. The van der Waals surface area contributed by atoms with Gasteiger partial charge in [-0.2, -0.15) is 0 Å². The molecule has 2 unspecified atom stereocenters. The lowest BCUT2D eigenvalue weighted by Crippen LogP contribution is -2.59. The summed E-state index contributed by atoms with van der Waals surface area (Å²) in [4.78, 5) is 24.6. The Bertz CT molecular complexity index is 1030. The summed E-state index contributed by atoms with van der Waals surface area (Å²) in [6.45, 7) is -0.0505. The van der Waals surface area contributed by atoms with Crippen LogP contribution >= 0.6 is 27.7 Å². The fourth-order valence-electron chi connectivity index (χ4n) is 2.78. The van der Waals surface area contributed by atoms with E-state index in [1.807, 2.05) is 6.07 Å². The Labute approximate surface area is 187 Å². The molecule has 2 atom stereocenters. The van der Waals surface area contributed by atoms with E-state index in [0.29, 0.717) is 11.4 Å². The predicted octanol–water partition coefficient (Wildman–Crippen LogP) is 1.97. The first-order valence-electron chi connectivity index (χ1n) is 8.88. The molecule has 0 aliphatic carbocycles. The summed E-state index contributed by atoms with van der Waals surface area (Å²) in [6.07, 6.45) is 0. The van der Waals surface area contributed by atoms with Crippen molar-refractivity contribution in [2.45, 2.75) is 15.6 Å². The van der Waals surface area contributed by atoms with Gasteiger partial charge in [-0.1, -0.05) is 22.0 Å². The van der Waals surface area contributed by atoms with Gasteiger partial charge in [-0.15, -0.1) is 11.8 Å². The monoisotopic (exact) mass is 513 g/mol. The first-order chi connectivity index (χ1) is 14.3. The van der Waals surface area contributed by atoms with Gasteiger partial charge in [-0.25, -0.2) is 8.42 Å². The molecular formula is C19H20BrN3O5S2. The first-order valence-corrected chi connectivity index (χ1v) is 12.3. The summed E-state index contributed by atoms with van der Waals surface area (Å²) in [5.74, 6) is -0.227. The summed E-state index contributed by atoms with van der Waals surface area (Å²) < 4.78 is 31.4. The molecule has 160 valence electrons. The van der Waals surface area contributed by atoms with Crippen molar-refractivity contribution in [2.24, 2.45) is 0 Å². The van der Waals surface area contributed by atoms with Gasteiger partial charge < -0.3 is 15.4 Å². The van der Waals surface area contributed by atoms with Crippen LogP contribution in [0.3, 0.4) is 0 Å². The predicted molar refractivity (Wildman–Crippen MR) is 119 cm³/mol. The van der Waals surface area contributed by atoms with Crippen molar-refractivity contribution >= 4 is 55.0 Å². The van der Waals surface area contributed by atoms with Crippen molar-refractivity contribution in [1.82, 2.24) is 10.6 Å². The van der Waals surface area contributed by atoms with Crippen molar-refractivity contribution in [3.63, 3.8) is 0 Å². The number of amides is 2. The molecule has 3 N–H and O–H groups in total. The van der Waals surface area contributed by atoms with Crippen LogP contribution < -0.4 is 20.7 Å². The Morgan fingerprint density at radius 1 is 1.27 bits per heavy atom. The number of hydrogen-bond acceptors (Lipinski definition) is 7. The van der Waals surface area contributed by atoms with Crippen molar-refractivity contribution < 1.29 is 22.7 Å². The van der Waals surface area contributed by atoms with E-state index in [-0.39, 0.29) is 23.1 Å². The zero-order valence-electron chi connectivity index (χ0n) is 15.9. The maximum Gasteiger partial charge on any atom is 0.241 e. The van der Waals surface area contributed by atoms with Crippen LogP contribution in [0.1, 0.15) is 0 Å². The van der Waals surface area contributed by atoms with Crippen LogP contribution in [-0.2, 0) is 19.4 Å². The molecule has 0 saturated carbocycles. The maximum absolute atomic E-state index is 12.8. The first kappa shape index (κ1) is 22.6. The SMILES string of the molecule is COc1ccc(S(=O)(=O)C2CNC(SCC(=O)Nc3cccc(Br)c3)NC2=O)cc1. The number of halogens is 1. The number of carbonyl (C=O) groups is 2. The van der Waals surface area contributed by atoms with Crippen LogP contribution in [0.4, 0.5) is 5.69 Å². The van der Waals surface area contributed by atoms with Crippen molar-refractivity contribution in [2.75, 3.05) is 24.7 Å². The summed E-state index contributed by atoms with van der Waals surface area (Å²) in [6, 6.07) is 13.1. The number of anilines is 1. The van der Waals surface area contributed by atoms with E-state index in [1.54, 1.807) is 18.2 Å². The molecule has 1 aliphatic rings. The quantitative estimate of drug-likeness (QED) is 0.518. The Hall–Kier alpha value is -2.08. The smallest absolute Gasteiger partial charge is 0.241 e. The van der Waals surface area contributed by atoms with E-state index in [1.165, 1.54) is 43.1 Å². The largest absolute Gasteiger partial charge is 0.497 e. The average Bonchev–Trinajstić information content (AvgIpc) is 2.72.